The predicted molar refractivity (Wildman–Crippen MR) is 61.3 cm³/mol. The van der Waals surface area contributed by atoms with E-state index >= 15 is 0 Å². The highest BCUT2D eigenvalue weighted by Gasteiger charge is 2.12. The van der Waals surface area contributed by atoms with Crippen molar-refractivity contribution in [1.82, 2.24) is 20.2 Å². The average Bonchev–Trinajstić information content (AvgIpc) is 2.70. The number of tetrazole rings is 1. The molecule has 1 aromatic carbocycles. The van der Waals surface area contributed by atoms with E-state index in [-0.39, 0.29) is 12.3 Å². The molecule has 0 fully saturated rings. The minimum absolute atomic E-state index is 0.0291. The summed E-state index contributed by atoms with van der Waals surface area (Å²) in [5.41, 5.74) is 0.446. The molecule has 0 aliphatic heterocycles. The molecular formula is C9H6BrClN4O. The Morgan fingerprint density at radius 2 is 2.31 bits per heavy atom. The zero-order chi connectivity index (χ0) is 11.5. The third-order valence-corrected chi connectivity index (χ3v) is 2.71. The van der Waals surface area contributed by atoms with E-state index < -0.39 is 0 Å². The van der Waals surface area contributed by atoms with E-state index in [0.29, 0.717) is 10.6 Å². The number of ketones is 1. The first kappa shape index (κ1) is 11.2. The molecule has 1 aromatic heterocycles. The molecule has 0 amide bonds. The molecule has 16 heavy (non-hydrogen) atoms. The number of carbonyl (C=O) groups is 1. The lowest BCUT2D eigenvalue weighted by Crippen LogP contribution is -2.13. The van der Waals surface area contributed by atoms with E-state index in [1.165, 1.54) is 11.1 Å². The highest BCUT2D eigenvalue weighted by Crippen LogP contribution is 2.21. The molecule has 0 radical (unpaired) electrons. The van der Waals surface area contributed by atoms with Gasteiger partial charge in [0.25, 0.3) is 0 Å². The van der Waals surface area contributed by atoms with Gasteiger partial charge in [-0.3, -0.25) is 4.79 Å². The van der Waals surface area contributed by atoms with Gasteiger partial charge in [0.2, 0.25) is 0 Å². The number of Topliss-reactive ketones (excluding diaryl/α,β-unsaturated/α-hetero) is 1. The van der Waals surface area contributed by atoms with E-state index in [2.05, 4.69) is 31.3 Å². The highest BCUT2D eigenvalue weighted by molar-refractivity contribution is 9.10. The Morgan fingerprint density at radius 1 is 1.50 bits per heavy atom. The van der Waals surface area contributed by atoms with E-state index in [4.69, 9.17) is 11.6 Å². The fraction of sp³-hybridized carbons (Fsp3) is 0.111. The summed E-state index contributed by atoms with van der Waals surface area (Å²) >= 11 is 9.22. The number of hydrogen-bond acceptors (Lipinski definition) is 4. The molecule has 2 rings (SSSR count). The van der Waals surface area contributed by atoms with Crippen molar-refractivity contribution in [2.75, 3.05) is 0 Å². The summed E-state index contributed by atoms with van der Waals surface area (Å²) in [5.74, 6) is -0.157. The molecule has 0 N–H and O–H groups in total. The zero-order valence-corrected chi connectivity index (χ0v) is 10.3. The summed E-state index contributed by atoms with van der Waals surface area (Å²) < 4.78 is 0.827. The molecule has 0 saturated heterocycles. The number of aromatic nitrogens is 4. The van der Waals surface area contributed by atoms with Crippen molar-refractivity contribution in [3.8, 4) is 0 Å². The monoisotopic (exact) mass is 300 g/mol. The van der Waals surface area contributed by atoms with Crippen LogP contribution < -0.4 is 0 Å². The van der Waals surface area contributed by atoms with E-state index in [0.717, 1.165) is 4.47 Å². The molecule has 5 nitrogen and oxygen atoms in total. The van der Waals surface area contributed by atoms with Crippen molar-refractivity contribution in [3.05, 3.63) is 39.6 Å². The van der Waals surface area contributed by atoms with Crippen LogP contribution >= 0.6 is 27.5 Å². The van der Waals surface area contributed by atoms with Crippen molar-refractivity contribution in [2.24, 2.45) is 0 Å². The standard InChI is InChI=1S/C9H6BrClN4O/c10-6-1-2-7(8(11)3-6)9(16)4-15-13-5-12-14-15/h1-3,5H,4H2. The summed E-state index contributed by atoms with van der Waals surface area (Å²) in [6, 6.07) is 5.09. The Labute approximate surface area is 105 Å². The van der Waals surface area contributed by atoms with Crippen LogP contribution in [0.15, 0.2) is 29.0 Å². The lowest BCUT2D eigenvalue weighted by molar-refractivity contribution is 0.0961. The van der Waals surface area contributed by atoms with Crippen LogP contribution in [-0.2, 0) is 6.54 Å². The van der Waals surface area contributed by atoms with E-state index in [1.807, 2.05) is 0 Å². The Morgan fingerprint density at radius 3 is 2.94 bits per heavy atom. The van der Waals surface area contributed by atoms with Gasteiger partial charge in [-0.05, 0) is 23.4 Å². The van der Waals surface area contributed by atoms with Gasteiger partial charge in [0.05, 0.1) is 5.02 Å². The number of hydrogen-bond donors (Lipinski definition) is 0. The van der Waals surface area contributed by atoms with Gasteiger partial charge in [0.15, 0.2) is 12.1 Å². The summed E-state index contributed by atoms with van der Waals surface area (Å²) in [7, 11) is 0. The average molecular weight is 302 g/mol. The molecule has 0 unspecified atom stereocenters. The maximum Gasteiger partial charge on any atom is 0.187 e. The summed E-state index contributed by atoms with van der Waals surface area (Å²) in [5, 5.41) is 11.3. The maximum absolute atomic E-state index is 11.8. The second-order valence-electron chi connectivity index (χ2n) is 3.01. The van der Waals surface area contributed by atoms with Crippen LogP contribution in [0.3, 0.4) is 0 Å². The molecule has 0 aliphatic rings. The lowest BCUT2D eigenvalue weighted by atomic mass is 10.1. The number of halogens is 2. The first-order valence-electron chi connectivity index (χ1n) is 4.36. The lowest BCUT2D eigenvalue weighted by Gasteiger charge is -2.02. The van der Waals surface area contributed by atoms with Gasteiger partial charge < -0.3 is 0 Å². The Hall–Kier alpha value is -1.27. The first-order chi connectivity index (χ1) is 7.66. The normalized spacial score (nSPS) is 10.4. The third kappa shape index (κ3) is 2.45. The van der Waals surface area contributed by atoms with E-state index in [9.17, 15) is 4.79 Å². The molecule has 2 aromatic rings. The van der Waals surface area contributed by atoms with Crippen molar-refractivity contribution in [1.29, 1.82) is 0 Å². The fourth-order valence-corrected chi connectivity index (χ4v) is 1.97. The Kier molecular flexibility index (Phi) is 3.31. The molecule has 82 valence electrons. The number of nitrogens with zero attached hydrogens (tertiary/aromatic N) is 4. The summed E-state index contributed by atoms with van der Waals surface area (Å²) in [6.45, 7) is 0.0291. The van der Waals surface area contributed by atoms with Crippen LogP contribution in [0.1, 0.15) is 10.4 Å². The topological polar surface area (TPSA) is 60.7 Å². The van der Waals surface area contributed by atoms with Crippen molar-refractivity contribution < 1.29 is 4.79 Å². The molecular weight excluding hydrogens is 295 g/mol. The summed E-state index contributed by atoms with van der Waals surface area (Å²) in [6.07, 6.45) is 1.27. The second-order valence-corrected chi connectivity index (χ2v) is 4.34. The van der Waals surface area contributed by atoms with Crippen molar-refractivity contribution >= 4 is 33.3 Å². The fourth-order valence-electron chi connectivity index (χ4n) is 1.19. The number of rotatable bonds is 3. The van der Waals surface area contributed by atoms with Crippen LogP contribution in [-0.4, -0.2) is 26.0 Å². The second kappa shape index (κ2) is 4.71. The van der Waals surface area contributed by atoms with Gasteiger partial charge in [0.1, 0.15) is 6.54 Å². The van der Waals surface area contributed by atoms with Crippen LogP contribution in [0.4, 0.5) is 0 Å². The number of benzene rings is 1. The minimum atomic E-state index is -0.157. The van der Waals surface area contributed by atoms with Crippen molar-refractivity contribution in [2.45, 2.75) is 6.54 Å². The molecule has 0 atom stereocenters. The highest BCUT2D eigenvalue weighted by atomic mass is 79.9. The largest absolute Gasteiger partial charge is 0.292 e. The van der Waals surface area contributed by atoms with Gasteiger partial charge in [-0.15, -0.1) is 10.2 Å². The number of carbonyl (C=O) groups excluding carboxylic acids is 1. The van der Waals surface area contributed by atoms with Gasteiger partial charge in [-0.2, -0.15) is 4.80 Å². The minimum Gasteiger partial charge on any atom is -0.292 e. The van der Waals surface area contributed by atoms with Gasteiger partial charge >= 0.3 is 0 Å². The van der Waals surface area contributed by atoms with Crippen LogP contribution in [0.25, 0.3) is 0 Å². The molecule has 7 heteroatoms. The molecule has 1 heterocycles. The van der Waals surface area contributed by atoms with Gasteiger partial charge in [-0.25, -0.2) is 0 Å². The van der Waals surface area contributed by atoms with Crippen LogP contribution in [0.5, 0.6) is 0 Å². The SMILES string of the molecule is O=C(Cn1ncnn1)c1ccc(Br)cc1Cl. The zero-order valence-electron chi connectivity index (χ0n) is 7.97. The van der Waals surface area contributed by atoms with Crippen LogP contribution in [0, 0.1) is 0 Å². The van der Waals surface area contributed by atoms with Gasteiger partial charge in [-0.1, -0.05) is 27.5 Å². The molecule has 0 bridgehead atoms. The third-order valence-electron chi connectivity index (χ3n) is 1.91. The molecule has 0 saturated carbocycles. The van der Waals surface area contributed by atoms with Gasteiger partial charge in [0, 0.05) is 10.0 Å². The Bertz CT molecular complexity index is 514. The molecule has 0 aliphatic carbocycles. The smallest absolute Gasteiger partial charge is 0.187 e. The van der Waals surface area contributed by atoms with E-state index in [1.54, 1.807) is 18.2 Å². The predicted octanol–water partition coefficient (Wildman–Crippen LogP) is 1.97. The Balaban J connectivity index is 2.21. The van der Waals surface area contributed by atoms with Crippen LogP contribution in [0.2, 0.25) is 5.02 Å². The quantitative estimate of drug-likeness (QED) is 0.813. The maximum atomic E-state index is 11.8. The summed E-state index contributed by atoms with van der Waals surface area (Å²) in [4.78, 5) is 13.0. The van der Waals surface area contributed by atoms with Crippen molar-refractivity contribution in [3.63, 3.8) is 0 Å². The first-order valence-corrected chi connectivity index (χ1v) is 5.53. The molecule has 0 spiro atoms.